The van der Waals surface area contributed by atoms with Crippen molar-refractivity contribution in [3.8, 4) is 0 Å². The first-order valence-corrected chi connectivity index (χ1v) is 4.65. The Morgan fingerprint density at radius 2 is 2.00 bits per heavy atom. The van der Waals surface area contributed by atoms with E-state index in [2.05, 4.69) is 38.4 Å². The Kier molecular flexibility index (Phi) is 3.46. The van der Waals surface area contributed by atoms with Gasteiger partial charge in [0.15, 0.2) is 0 Å². The maximum atomic E-state index is 8.65. The van der Waals surface area contributed by atoms with E-state index in [1.807, 2.05) is 0 Å². The second-order valence-corrected chi connectivity index (χ2v) is 3.39. The van der Waals surface area contributed by atoms with Crippen molar-refractivity contribution in [3.63, 3.8) is 0 Å². The van der Waals surface area contributed by atoms with Crippen molar-refractivity contribution in [1.29, 1.82) is 0 Å². The van der Waals surface area contributed by atoms with Crippen LogP contribution in [0.25, 0.3) is 0 Å². The molecule has 0 heterocycles. The molecule has 0 saturated heterocycles. The van der Waals surface area contributed by atoms with E-state index in [1.165, 1.54) is 22.3 Å². The van der Waals surface area contributed by atoms with Crippen LogP contribution in [0.15, 0.2) is 12.1 Å². The summed E-state index contributed by atoms with van der Waals surface area (Å²) >= 11 is 0. The van der Waals surface area contributed by atoms with Crippen LogP contribution in [0, 0.1) is 13.8 Å². The van der Waals surface area contributed by atoms with Crippen LogP contribution in [0.2, 0.25) is 0 Å². The molecule has 1 aromatic carbocycles. The second-order valence-electron chi connectivity index (χ2n) is 3.39. The van der Waals surface area contributed by atoms with E-state index < -0.39 is 0 Å². The average molecular weight is 179 g/mol. The molecule has 1 rings (SSSR count). The van der Waals surface area contributed by atoms with Gasteiger partial charge >= 0.3 is 0 Å². The van der Waals surface area contributed by atoms with E-state index in [1.54, 1.807) is 0 Å². The van der Waals surface area contributed by atoms with Crippen LogP contribution >= 0.6 is 0 Å². The zero-order valence-corrected chi connectivity index (χ0v) is 8.52. The Balaban J connectivity index is 3.09. The highest BCUT2D eigenvalue weighted by Gasteiger charge is 2.02. The number of nitrogens with one attached hydrogen (secondary N) is 1. The van der Waals surface area contributed by atoms with Gasteiger partial charge in [0.05, 0.1) is 0 Å². The van der Waals surface area contributed by atoms with Crippen LogP contribution in [0.5, 0.6) is 0 Å². The molecule has 0 atom stereocenters. The Labute approximate surface area is 79.6 Å². The molecule has 0 aliphatic heterocycles. The van der Waals surface area contributed by atoms with Gasteiger partial charge in [0.1, 0.15) is 0 Å². The smallest absolute Gasteiger partial charge is 0.0460 e. The fourth-order valence-corrected chi connectivity index (χ4v) is 1.49. The van der Waals surface area contributed by atoms with Crippen LogP contribution in [-0.2, 0) is 13.0 Å². The monoisotopic (exact) mass is 179 g/mol. The van der Waals surface area contributed by atoms with Crippen molar-refractivity contribution >= 4 is 0 Å². The van der Waals surface area contributed by atoms with Gasteiger partial charge in [0.2, 0.25) is 0 Å². The summed E-state index contributed by atoms with van der Waals surface area (Å²) in [6, 6.07) is 4.35. The lowest BCUT2D eigenvalue weighted by Crippen LogP contribution is -2.08. The third kappa shape index (κ3) is 2.29. The number of hydrogen-bond acceptors (Lipinski definition) is 2. The molecule has 0 unspecified atom stereocenters. The molecule has 0 aromatic heterocycles. The van der Waals surface area contributed by atoms with E-state index in [0.717, 1.165) is 6.42 Å². The SMILES string of the molecule is CCc1cc(C)c(C)c(CNO)c1. The van der Waals surface area contributed by atoms with Gasteiger partial charge in [-0.1, -0.05) is 19.1 Å². The zero-order valence-electron chi connectivity index (χ0n) is 8.52. The number of hydrogen-bond donors (Lipinski definition) is 2. The highest BCUT2D eigenvalue weighted by Crippen LogP contribution is 2.16. The molecule has 0 aliphatic rings. The van der Waals surface area contributed by atoms with Crippen molar-refractivity contribution in [3.05, 3.63) is 34.4 Å². The average Bonchev–Trinajstić information content (AvgIpc) is 2.13. The normalized spacial score (nSPS) is 10.5. The molecular weight excluding hydrogens is 162 g/mol. The number of benzene rings is 1. The lowest BCUT2D eigenvalue weighted by molar-refractivity contribution is 0.161. The minimum atomic E-state index is 0.528. The molecule has 0 saturated carbocycles. The number of rotatable bonds is 3. The van der Waals surface area contributed by atoms with E-state index in [4.69, 9.17) is 5.21 Å². The molecule has 13 heavy (non-hydrogen) atoms. The lowest BCUT2D eigenvalue weighted by atomic mass is 9.98. The van der Waals surface area contributed by atoms with Crippen molar-refractivity contribution in [2.75, 3.05) is 0 Å². The molecule has 2 nitrogen and oxygen atoms in total. The maximum absolute atomic E-state index is 8.65. The Hall–Kier alpha value is -0.860. The number of aryl methyl sites for hydroxylation is 2. The van der Waals surface area contributed by atoms with Crippen LogP contribution < -0.4 is 5.48 Å². The highest BCUT2D eigenvalue weighted by molar-refractivity contribution is 5.37. The van der Waals surface area contributed by atoms with Crippen molar-refractivity contribution in [2.24, 2.45) is 0 Å². The van der Waals surface area contributed by atoms with E-state index in [-0.39, 0.29) is 0 Å². The third-order valence-electron chi connectivity index (χ3n) is 2.51. The first-order valence-electron chi connectivity index (χ1n) is 4.65. The highest BCUT2D eigenvalue weighted by atomic mass is 16.5. The van der Waals surface area contributed by atoms with Gasteiger partial charge in [-0.15, -0.1) is 0 Å². The summed E-state index contributed by atoms with van der Waals surface area (Å²) in [6.45, 7) is 6.86. The van der Waals surface area contributed by atoms with Crippen LogP contribution in [0.3, 0.4) is 0 Å². The Bertz CT molecular complexity index is 294. The quantitative estimate of drug-likeness (QED) is 0.698. The molecule has 0 spiro atoms. The molecular formula is C11H17NO. The van der Waals surface area contributed by atoms with Crippen LogP contribution in [-0.4, -0.2) is 5.21 Å². The third-order valence-corrected chi connectivity index (χ3v) is 2.51. The summed E-state index contributed by atoms with van der Waals surface area (Å²) in [5.41, 5.74) is 7.27. The van der Waals surface area contributed by atoms with E-state index >= 15 is 0 Å². The summed E-state index contributed by atoms with van der Waals surface area (Å²) in [5, 5.41) is 8.65. The van der Waals surface area contributed by atoms with Gasteiger partial charge in [-0.05, 0) is 42.5 Å². The predicted molar refractivity (Wildman–Crippen MR) is 53.9 cm³/mol. The Morgan fingerprint density at radius 1 is 1.31 bits per heavy atom. The van der Waals surface area contributed by atoms with Crippen molar-refractivity contribution < 1.29 is 5.21 Å². The fraction of sp³-hybridized carbons (Fsp3) is 0.455. The molecule has 0 aliphatic carbocycles. The molecule has 1 aromatic rings. The first-order chi connectivity index (χ1) is 6.19. The molecule has 0 amide bonds. The Morgan fingerprint density at radius 3 is 2.54 bits per heavy atom. The topological polar surface area (TPSA) is 32.3 Å². The van der Waals surface area contributed by atoms with Gasteiger partial charge in [0, 0.05) is 6.54 Å². The van der Waals surface area contributed by atoms with Crippen LogP contribution in [0.4, 0.5) is 0 Å². The summed E-state index contributed by atoms with van der Waals surface area (Å²) < 4.78 is 0. The van der Waals surface area contributed by atoms with Crippen molar-refractivity contribution in [1.82, 2.24) is 5.48 Å². The van der Waals surface area contributed by atoms with Gasteiger partial charge in [0.25, 0.3) is 0 Å². The van der Waals surface area contributed by atoms with E-state index in [9.17, 15) is 0 Å². The first kappa shape index (κ1) is 10.2. The van der Waals surface area contributed by atoms with Gasteiger partial charge in [-0.25, -0.2) is 5.48 Å². The summed E-state index contributed by atoms with van der Waals surface area (Å²) in [5.74, 6) is 0. The van der Waals surface area contributed by atoms with Gasteiger partial charge in [-0.2, -0.15) is 0 Å². The van der Waals surface area contributed by atoms with Gasteiger partial charge < -0.3 is 5.21 Å². The summed E-state index contributed by atoms with van der Waals surface area (Å²) in [6.07, 6.45) is 1.04. The minimum Gasteiger partial charge on any atom is -0.316 e. The molecule has 0 fully saturated rings. The standard InChI is InChI=1S/C11H17NO/c1-4-10-5-8(2)9(3)11(6-10)7-12-13/h5-6,12-13H,4,7H2,1-3H3. The largest absolute Gasteiger partial charge is 0.316 e. The van der Waals surface area contributed by atoms with Crippen LogP contribution in [0.1, 0.15) is 29.2 Å². The molecule has 2 N–H and O–H groups in total. The second kappa shape index (κ2) is 4.40. The zero-order chi connectivity index (χ0) is 9.84. The predicted octanol–water partition coefficient (Wildman–Crippen LogP) is 2.34. The molecule has 0 radical (unpaired) electrons. The van der Waals surface area contributed by atoms with Gasteiger partial charge in [-0.3, -0.25) is 0 Å². The van der Waals surface area contributed by atoms with E-state index in [0.29, 0.717) is 6.54 Å². The molecule has 72 valence electrons. The minimum absolute atomic E-state index is 0.528. The molecule has 0 bridgehead atoms. The summed E-state index contributed by atoms with van der Waals surface area (Å²) in [4.78, 5) is 0. The number of hydroxylamine groups is 1. The lowest BCUT2D eigenvalue weighted by Gasteiger charge is -2.10. The van der Waals surface area contributed by atoms with Crippen molar-refractivity contribution in [2.45, 2.75) is 33.7 Å². The summed E-state index contributed by atoms with van der Waals surface area (Å²) in [7, 11) is 0. The maximum Gasteiger partial charge on any atom is 0.0460 e. The fourth-order valence-electron chi connectivity index (χ4n) is 1.49. The molecule has 2 heteroatoms.